The van der Waals surface area contributed by atoms with E-state index in [1.54, 1.807) is 34.3 Å². The number of carbonyl (C=O) groups excluding carboxylic acids is 2. The molecule has 1 aliphatic heterocycles. The Balaban J connectivity index is 1.44. The quantitative estimate of drug-likeness (QED) is 0.391. The van der Waals surface area contributed by atoms with Crippen LogP contribution in [0.25, 0.3) is 0 Å². The summed E-state index contributed by atoms with van der Waals surface area (Å²) in [5.74, 6) is -0.275. The zero-order chi connectivity index (χ0) is 25.5. The molecule has 4 rings (SSSR count). The molecule has 1 atom stereocenters. The highest BCUT2D eigenvalue weighted by atomic mass is 35.5. The van der Waals surface area contributed by atoms with Crippen LogP contribution in [0.4, 0.5) is 11.4 Å². The highest BCUT2D eigenvalue weighted by Gasteiger charge is 2.32. The lowest BCUT2D eigenvalue weighted by Gasteiger charge is -2.35. The number of likely N-dealkylation sites (tertiary alicyclic amines) is 1. The Labute approximate surface area is 222 Å². The number of benzene rings is 2. The summed E-state index contributed by atoms with van der Waals surface area (Å²) in [7, 11) is 0. The number of nitrogens with zero attached hydrogens (tertiary/aromatic N) is 4. The van der Waals surface area contributed by atoms with Gasteiger partial charge in [0.1, 0.15) is 12.6 Å². The smallest absolute Gasteiger partial charge is 0.247 e. The van der Waals surface area contributed by atoms with Crippen LogP contribution in [-0.4, -0.2) is 45.4 Å². The fourth-order valence-electron chi connectivity index (χ4n) is 4.56. The van der Waals surface area contributed by atoms with E-state index in [0.717, 1.165) is 37.1 Å². The van der Waals surface area contributed by atoms with Crippen molar-refractivity contribution in [1.29, 1.82) is 0 Å². The van der Waals surface area contributed by atoms with E-state index in [-0.39, 0.29) is 18.4 Å². The number of rotatable bonds is 9. The van der Waals surface area contributed by atoms with Crippen molar-refractivity contribution in [3.8, 4) is 0 Å². The van der Waals surface area contributed by atoms with Crippen LogP contribution in [-0.2, 0) is 22.7 Å². The average Bonchev–Trinajstić information content (AvgIpc) is 3.38. The molecule has 1 fully saturated rings. The van der Waals surface area contributed by atoms with Crippen LogP contribution in [0.1, 0.15) is 38.2 Å². The Bertz CT molecular complexity index is 1170. The summed E-state index contributed by atoms with van der Waals surface area (Å²) >= 11 is 12.7. The van der Waals surface area contributed by atoms with Crippen molar-refractivity contribution in [2.75, 3.05) is 23.3 Å². The van der Waals surface area contributed by atoms with E-state index in [1.165, 1.54) is 0 Å². The first-order chi connectivity index (χ1) is 17.4. The number of amides is 2. The van der Waals surface area contributed by atoms with Crippen LogP contribution in [0.3, 0.4) is 0 Å². The van der Waals surface area contributed by atoms with Crippen LogP contribution in [0.5, 0.6) is 0 Å². The van der Waals surface area contributed by atoms with Gasteiger partial charge in [-0.3, -0.25) is 9.59 Å². The summed E-state index contributed by atoms with van der Waals surface area (Å²) in [5.41, 5.74) is 2.66. The SMILES string of the molecule is CCCN(Cc1ccc(Cl)cc1)c1ccc(NC(=O)[C@H]2CCCCN2C(=O)Cn2ccnc2)cc1Cl. The minimum absolute atomic E-state index is 0.0846. The molecule has 0 bridgehead atoms. The molecule has 0 saturated carbocycles. The van der Waals surface area contributed by atoms with Gasteiger partial charge in [0.2, 0.25) is 11.8 Å². The van der Waals surface area contributed by atoms with Crippen LogP contribution >= 0.6 is 23.2 Å². The molecular formula is C27H31Cl2N5O2. The number of anilines is 2. The Morgan fingerprint density at radius 1 is 1.14 bits per heavy atom. The predicted octanol–water partition coefficient (Wildman–Crippen LogP) is 5.63. The number of hydrogen-bond acceptors (Lipinski definition) is 4. The van der Waals surface area contributed by atoms with Crippen molar-refractivity contribution in [3.05, 3.63) is 76.8 Å². The van der Waals surface area contributed by atoms with Gasteiger partial charge in [0.25, 0.3) is 0 Å². The summed E-state index contributed by atoms with van der Waals surface area (Å²) < 4.78 is 1.72. The molecule has 0 radical (unpaired) electrons. The maximum Gasteiger partial charge on any atom is 0.247 e. The van der Waals surface area contributed by atoms with Crippen LogP contribution in [0.2, 0.25) is 10.0 Å². The number of halogens is 2. The van der Waals surface area contributed by atoms with Gasteiger partial charge in [0.05, 0.1) is 17.0 Å². The molecule has 9 heteroatoms. The number of carbonyl (C=O) groups is 2. The molecule has 190 valence electrons. The molecule has 7 nitrogen and oxygen atoms in total. The molecule has 1 N–H and O–H groups in total. The first-order valence-electron chi connectivity index (χ1n) is 12.3. The molecule has 0 aliphatic carbocycles. The maximum absolute atomic E-state index is 13.2. The van der Waals surface area contributed by atoms with Gasteiger partial charge in [-0.25, -0.2) is 4.98 Å². The third-order valence-electron chi connectivity index (χ3n) is 6.34. The lowest BCUT2D eigenvalue weighted by Crippen LogP contribution is -2.50. The summed E-state index contributed by atoms with van der Waals surface area (Å²) in [6.45, 7) is 4.41. The zero-order valence-electron chi connectivity index (χ0n) is 20.4. The summed E-state index contributed by atoms with van der Waals surface area (Å²) in [6, 6.07) is 12.9. The number of hydrogen-bond donors (Lipinski definition) is 1. The van der Waals surface area contributed by atoms with Crippen molar-refractivity contribution in [2.24, 2.45) is 0 Å². The molecule has 2 heterocycles. The van der Waals surface area contributed by atoms with Gasteiger partial charge in [0, 0.05) is 42.7 Å². The number of aromatic nitrogens is 2. The van der Waals surface area contributed by atoms with E-state index in [4.69, 9.17) is 23.2 Å². The van der Waals surface area contributed by atoms with Gasteiger partial charge in [-0.05, 0) is 61.6 Å². The summed E-state index contributed by atoms with van der Waals surface area (Å²) in [6.07, 6.45) is 8.39. The second kappa shape index (κ2) is 12.3. The third kappa shape index (κ3) is 6.59. The Hall–Kier alpha value is -3.03. The second-order valence-electron chi connectivity index (χ2n) is 9.04. The number of piperidine rings is 1. The van der Waals surface area contributed by atoms with E-state index in [9.17, 15) is 9.59 Å². The fraction of sp³-hybridized carbons (Fsp3) is 0.370. The Morgan fingerprint density at radius 3 is 2.64 bits per heavy atom. The normalized spacial score (nSPS) is 15.5. The molecular weight excluding hydrogens is 497 g/mol. The third-order valence-corrected chi connectivity index (χ3v) is 6.89. The van der Waals surface area contributed by atoms with E-state index < -0.39 is 6.04 Å². The van der Waals surface area contributed by atoms with Crippen LogP contribution in [0, 0.1) is 0 Å². The first-order valence-corrected chi connectivity index (χ1v) is 13.0. The van der Waals surface area contributed by atoms with E-state index in [0.29, 0.717) is 35.2 Å². The minimum Gasteiger partial charge on any atom is -0.366 e. The van der Waals surface area contributed by atoms with Crippen molar-refractivity contribution < 1.29 is 9.59 Å². The predicted molar refractivity (Wildman–Crippen MR) is 144 cm³/mol. The molecule has 0 spiro atoms. The van der Waals surface area contributed by atoms with Crippen LogP contribution < -0.4 is 10.2 Å². The lowest BCUT2D eigenvalue weighted by atomic mass is 10.0. The van der Waals surface area contributed by atoms with Gasteiger partial charge >= 0.3 is 0 Å². The van der Waals surface area contributed by atoms with Crippen molar-refractivity contribution in [2.45, 2.75) is 51.7 Å². The topological polar surface area (TPSA) is 70.5 Å². The lowest BCUT2D eigenvalue weighted by molar-refractivity contribution is -0.140. The van der Waals surface area contributed by atoms with Gasteiger partial charge in [-0.15, -0.1) is 0 Å². The summed E-state index contributed by atoms with van der Waals surface area (Å²) in [5, 5.41) is 4.25. The summed E-state index contributed by atoms with van der Waals surface area (Å²) in [4.78, 5) is 34.0. The van der Waals surface area contributed by atoms with E-state index >= 15 is 0 Å². The maximum atomic E-state index is 13.2. The molecule has 2 aromatic carbocycles. The second-order valence-corrected chi connectivity index (χ2v) is 9.88. The van der Waals surface area contributed by atoms with E-state index in [2.05, 4.69) is 22.1 Å². The van der Waals surface area contributed by atoms with Crippen molar-refractivity contribution >= 4 is 46.4 Å². The monoisotopic (exact) mass is 527 g/mol. The highest BCUT2D eigenvalue weighted by Crippen LogP contribution is 2.31. The highest BCUT2D eigenvalue weighted by molar-refractivity contribution is 6.33. The van der Waals surface area contributed by atoms with E-state index in [1.807, 2.05) is 36.4 Å². The Morgan fingerprint density at radius 2 is 1.94 bits per heavy atom. The number of imidazole rings is 1. The van der Waals surface area contributed by atoms with Crippen molar-refractivity contribution in [1.82, 2.24) is 14.5 Å². The molecule has 0 unspecified atom stereocenters. The fourth-order valence-corrected chi connectivity index (χ4v) is 4.99. The molecule has 1 aromatic heterocycles. The van der Waals surface area contributed by atoms with Gasteiger partial charge in [-0.1, -0.05) is 42.3 Å². The molecule has 2 amide bonds. The van der Waals surface area contributed by atoms with Gasteiger partial charge in [0.15, 0.2) is 0 Å². The average molecular weight is 528 g/mol. The van der Waals surface area contributed by atoms with Gasteiger partial charge < -0.3 is 19.7 Å². The molecule has 3 aromatic rings. The van der Waals surface area contributed by atoms with Crippen LogP contribution in [0.15, 0.2) is 61.2 Å². The molecule has 1 saturated heterocycles. The molecule has 1 aliphatic rings. The first kappa shape index (κ1) is 26.0. The standard InChI is InChI=1S/C27H31Cl2N5O2/c1-2-13-33(17-20-6-8-21(28)9-7-20)24-11-10-22(16-23(24)29)31-27(36)25-5-3-4-14-34(25)26(35)18-32-15-12-30-19-32/h6-12,15-16,19,25H,2-5,13-14,17-18H2,1H3,(H,31,36)/t25-/m1/s1. The minimum atomic E-state index is -0.505. The number of nitrogens with one attached hydrogen (secondary N) is 1. The zero-order valence-corrected chi connectivity index (χ0v) is 21.9. The van der Waals surface area contributed by atoms with Gasteiger partial charge in [-0.2, -0.15) is 0 Å². The molecule has 36 heavy (non-hydrogen) atoms. The largest absolute Gasteiger partial charge is 0.366 e. The Kier molecular flexibility index (Phi) is 8.88. The van der Waals surface area contributed by atoms with Crippen molar-refractivity contribution in [3.63, 3.8) is 0 Å².